The average molecular weight is 554 g/mol. The normalized spacial score (nSPS) is 23.1. The van der Waals surface area contributed by atoms with Crippen LogP contribution < -0.4 is 10.9 Å². The van der Waals surface area contributed by atoms with Crippen LogP contribution in [0.3, 0.4) is 0 Å². The maximum atomic E-state index is 6.49. The highest BCUT2D eigenvalue weighted by molar-refractivity contribution is 6.62. The van der Waals surface area contributed by atoms with Crippen molar-refractivity contribution in [1.29, 1.82) is 0 Å². The molecule has 2 fully saturated rings. The second kappa shape index (κ2) is 10.6. The summed E-state index contributed by atoms with van der Waals surface area (Å²) in [6.07, 6.45) is 13.8. The van der Waals surface area contributed by atoms with Gasteiger partial charge in [0.05, 0.1) is 27.8 Å². The fourth-order valence-corrected chi connectivity index (χ4v) is 5.96. The van der Waals surface area contributed by atoms with Gasteiger partial charge < -0.3 is 18.6 Å². The summed E-state index contributed by atoms with van der Waals surface area (Å²) >= 11 is 0. The first-order valence-corrected chi connectivity index (χ1v) is 15.5. The van der Waals surface area contributed by atoms with Crippen molar-refractivity contribution in [2.45, 2.75) is 123 Å². The highest BCUT2D eigenvalue weighted by Crippen LogP contribution is 2.51. The Morgan fingerprint density at radius 1 is 0.561 bits per heavy atom. The molecule has 41 heavy (non-hydrogen) atoms. The summed E-state index contributed by atoms with van der Waals surface area (Å²) in [7, 11) is -0.822. The second-order valence-corrected chi connectivity index (χ2v) is 14.0. The third-order valence-electron chi connectivity index (χ3n) is 9.99. The number of hydrogen-bond donors (Lipinski definition) is 0. The van der Waals surface area contributed by atoms with Gasteiger partial charge in [0.15, 0.2) is 0 Å². The molecule has 0 bridgehead atoms. The molecule has 0 spiro atoms. The van der Waals surface area contributed by atoms with E-state index in [1.807, 2.05) is 0 Å². The number of benzene rings is 2. The van der Waals surface area contributed by atoms with E-state index in [0.29, 0.717) is 0 Å². The predicted octanol–water partition coefficient (Wildman–Crippen LogP) is 7.26. The van der Waals surface area contributed by atoms with Crippen molar-refractivity contribution in [2.24, 2.45) is 0 Å². The lowest BCUT2D eigenvalue weighted by atomic mass is 9.71. The van der Waals surface area contributed by atoms with Gasteiger partial charge in [-0.3, -0.25) is 0 Å². The first-order valence-electron chi connectivity index (χ1n) is 15.5. The number of hydrogen-bond acceptors (Lipinski definition) is 4. The van der Waals surface area contributed by atoms with Gasteiger partial charge in [-0.2, -0.15) is 0 Å². The Bertz CT molecular complexity index is 1220. The standard InChI is InChI=1S/C35H48B2O4/c1-11-13-15-21-35(22-16-14-12-2)29-23-25(36-38-31(3,4)32(5,6)39-36)17-19-27(29)28-20-18-26(24-30(28)35)37-40-33(7,8)34(9,10)41-37/h15-24H,11-14H2,1-10H3. The third-order valence-corrected chi connectivity index (χ3v) is 9.99. The lowest BCUT2D eigenvalue weighted by molar-refractivity contribution is 0.00578. The number of allylic oxidation sites excluding steroid dienone is 4. The molecule has 6 heteroatoms. The van der Waals surface area contributed by atoms with Crippen molar-refractivity contribution in [1.82, 2.24) is 0 Å². The summed E-state index contributed by atoms with van der Waals surface area (Å²) in [6, 6.07) is 13.5. The molecule has 0 N–H and O–H groups in total. The van der Waals surface area contributed by atoms with Crippen molar-refractivity contribution < 1.29 is 18.6 Å². The maximum Gasteiger partial charge on any atom is 0.494 e. The van der Waals surface area contributed by atoms with E-state index in [-0.39, 0.29) is 0 Å². The molecule has 0 aromatic heterocycles. The molecule has 0 unspecified atom stereocenters. The van der Waals surface area contributed by atoms with Crippen LogP contribution >= 0.6 is 0 Å². The molecule has 2 heterocycles. The van der Waals surface area contributed by atoms with Gasteiger partial charge in [0.1, 0.15) is 0 Å². The van der Waals surface area contributed by atoms with Crippen molar-refractivity contribution in [2.75, 3.05) is 0 Å². The van der Waals surface area contributed by atoms with E-state index < -0.39 is 42.1 Å². The quantitative estimate of drug-likeness (QED) is 0.254. The molecule has 2 aliphatic heterocycles. The monoisotopic (exact) mass is 554 g/mol. The largest absolute Gasteiger partial charge is 0.494 e. The van der Waals surface area contributed by atoms with Crippen LogP contribution in [0.2, 0.25) is 0 Å². The van der Waals surface area contributed by atoms with E-state index in [1.54, 1.807) is 0 Å². The van der Waals surface area contributed by atoms with Crippen molar-refractivity contribution in [3.63, 3.8) is 0 Å². The molecular weight excluding hydrogens is 506 g/mol. The molecule has 5 rings (SSSR count). The minimum Gasteiger partial charge on any atom is -0.399 e. The molecule has 0 radical (unpaired) electrons. The van der Waals surface area contributed by atoms with Gasteiger partial charge in [0.25, 0.3) is 0 Å². The van der Waals surface area contributed by atoms with E-state index in [9.17, 15) is 0 Å². The molecule has 4 nitrogen and oxygen atoms in total. The zero-order chi connectivity index (χ0) is 29.8. The van der Waals surface area contributed by atoms with E-state index >= 15 is 0 Å². The topological polar surface area (TPSA) is 36.9 Å². The van der Waals surface area contributed by atoms with Gasteiger partial charge in [-0.25, -0.2) is 0 Å². The maximum absolute atomic E-state index is 6.49. The fraction of sp³-hybridized carbons (Fsp3) is 0.543. The van der Waals surface area contributed by atoms with Gasteiger partial charge >= 0.3 is 14.2 Å². The average Bonchev–Trinajstić information content (AvgIpc) is 3.39. The fourth-order valence-electron chi connectivity index (χ4n) is 5.96. The van der Waals surface area contributed by atoms with Gasteiger partial charge in [0, 0.05) is 0 Å². The number of fused-ring (bicyclic) bond motifs is 3. The lowest BCUT2D eigenvalue weighted by Crippen LogP contribution is -2.41. The molecule has 3 aliphatic rings. The molecule has 1 aliphatic carbocycles. The van der Waals surface area contributed by atoms with Crippen molar-refractivity contribution in [3.8, 4) is 11.1 Å². The van der Waals surface area contributed by atoms with Crippen LogP contribution in [0.4, 0.5) is 0 Å². The Balaban J connectivity index is 1.66. The highest BCUT2D eigenvalue weighted by Gasteiger charge is 2.54. The molecule has 2 aromatic rings. The highest BCUT2D eigenvalue weighted by atomic mass is 16.7. The summed E-state index contributed by atoms with van der Waals surface area (Å²) in [5.74, 6) is 0. The first kappa shape index (κ1) is 30.4. The molecule has 0 saturated carbocycles. The molecule has 0 atom stereocenters. The second-order valence-electron chi connectivity index (χ2n) is 14.0. The minimum absolute atomic E-state index is 0.392. The SMILES string of the molecule is CCCC=CC1(C=CCCC)c2cc(B3OC(C)(C)C(C)(C)O3)ccc2-c2ccc(B3OC(C)(C)C(C)(C)O3)cc21. The van der Waals surface area contributed by atoms with Gasteiger partial charge in [0.2, 0.25) is 0 Å². The van der Waals surface area contributed by atoms with E-state index in [1.165, 1.54) is 22.3 Å². The molecule has 0 amide bonds. The smallest absolute Gasteiger partial charge is 0.399 e. The Hall–Kier alpha value is -2.11. The zero-order valence-corrected chi connectivity index (χ0v) is 26.9. The number of unbranched alkanes of at least 4 members (excludes halogenated alkanes) is 2. The summed E-state index contributed by atoms with van der Waals surface area (Å²) in [6.45, 7) is 21.3. The van der Waals surface area contributed by atoms with E-state index in [0.717, 1.165) is 36.6 Å². The Kier molecular flexibility index (Phi) is 7.81. The third kappa shape index (κ3) is 5.09. The zero-order valence-electron chi connectivity index (χ0n) is 26.9. The van der Waals surface area contributed by atoms with E-state index in [4.69, 9.17) is 18.6 Å². The first-order chi connectivity index (χ1) is 19.2. The van der Waals surface area contributed by atoms with Crippen molar-refractivity contribution in [3.05, 3.63) is 71.8 Å². The van der Waals surface area contributed by atoms with Crippen LogP contribution in [0, 0.1) is 0 Å². The van der Waals surface area contributed by atoms with Crippen molar-refractivity contribution >= 4 is 25.2 Å². The van der Waals surface area contributed by atoms with E-state index in [2.05, 4.69) is 130 Å². The van der Waals surface area contributed by atoms with Crippen LogP contribution in [-0.2, 0) is 24.0 Å². The predicted molar refractivity (Wildman–Crippen MR) is 172 cm³/mol. The van der Waals surface area contributed by atoms with Crippen LogP contribution in [0.5, 0.6) is 0 Å². The summed E-state index contributed by atoms with van der Waals surface area (Å²) in [4.78, 5) is 0. The van der Waals surface area contributed by atoms with Gasteiger partial charge in [-0.05, 0) is 101 Å². The summed E-state index contributed by atoms with van der Waals surface area (Å²) in [5.41, 5.74) is 5.17. The van der Waals surface area contributed by atoms with Gasteiger partial charge in [-0.15, -0.1) is 0 Å². The number of rotatable bonds is 8. The molecule has 2 saturated heterocycles. The van der Waals surface area contributed by atoms with Crippen LogP contribution in [0.25, 0.3) is 11.1 Å². The Morgan fingerprint density at radius 3 is 1.22 bits per heavy atom. The lowest BCUT2D eigenvalue weighted by Gasteiger charge is -2.32. The van der Waals surface area contributed by atoms with Gasteiger partial charge in [-0.1, -0.05) is 87.4 Å². The Labute approximate surface area is 249 Å². The van der Waals surface area contributed by atoms with Crippen LogP contribution in [-0.4, -0.2) is 36.6 Å². The summed E-state index contributed by atoms with van der Waals surface area (Å²) < 4.78 is 25.9. The van der Waals surface area contributed by atoms with Crippen LogP contribution in [0.15, 0.2) is 60.7 Å². The molecule has 2 aromatic carbocycles. The minimum atomic E-state index is -0.411. The molecule has 218 valence electrons. The van der Waals surface area contributed by atoms with Crippen LogP contribution in [0.1, 0.15) is 106 Å². The summed E-state index contributed by atoms with van der Waals surface area (Å²) in [5, 5.41) is 0. The Morgan fingerprint density at radius 2 is 0.902 bits per heavy atom. The molecular formula is C35H48B2O4.